The monoisotopic (exact) mass is 257 g/mol. The lowest BCUT2D eigenvalue weighted by Crippen LogP contribution is -2.55. The van der Waals surface area contributed by atoms with Gasteiger partial charge in [0.05, 0.1) is 0 Å². The maximum absolute atomic E-state index is 12.6. The van der Waals surface area contributed by atoms with Crippen LogP contribution in [0.15, 0.2) is 30.5 Å². The predicted octanol–water partition coefficient (Wildman–Crippen LogP) is 1.13. The van der Waals surface area contributed by atoms with Gasteiger partial charge in [0.25, 0.3) is 5.91 Å². The van der Waals surface area contributed by atoms with Crippen LogP contribution < -0.4 is 5.32 Å². The van der Waals surface area contributed by atoms with E-state index in [4.69, 9.17) is 0 Å². The van der Waals surface area contributed by atoms with Gasteiger partial charge in [0.15, 0.2) is 0 Å². The molecule has 98 valence electrons. The summed E-state index contributed by atoms with van der Waals surface area (Å²) < 4.78 is 0. The molecule has 2 aromatic rings. The van der Waals surface area contributed by atoms with Crippen molar-refractivity contribution in [3.8, 4) is 0 Å². The van der Waals surface area contributed by atoms with Crippen LogP contribution in [-0.2, 0) is 4.79 Å². The standard InChI is InChI=1S/C14H15N3O2/c1-9-13(18)16-7-8-17(9)14(19)11-3-2-4-12-10(11)5-6-15-12/h2-6,9,15H,7-8H2,1H3,(H,16,18). The lowest BCUT2D eigenvalue weighted by atomic mass is 10.1. The molecule has 0 spiro atoms. The van der Waals surface area contributed by atoms with E-state index < -0.39 is 6.04 Å². The Kier molecular flexibility index (Phi) is 2.74. The lowest BCUT2D eigenvalue weighted by Gasteiger charge is -2.33. The highest BCUT2D eigenvalue weighted by molar-refractivity contribution is 6.07. The predicted molar refractivity (Wildman–Crippen MR) is 71.8 cm³/mol. The first-order valence-corrected chi connectivity index (χ1v) is 6.33. The number of aromatic amines is 1. The first-order valence-electron chi connectivity index (χ1n) is 6.33. The van der Waals surface area contributed by atoms with Crippen LogP contribution in [0.2, 0.25) is 0 Å². The summed E-state index contributed by atoms with van der Waals surface area (Å²) in [5.41, 5.74) is 1.57. The number of hydrogen-bond donors (Lipinski definition) is 2. The number of hydrogen-bond acceptors (Lipinski definition) is 2. The second kappa shape index (κ2) is 4.42. The second-order valence-corrected chi connectivity index (χ2v) is 4.71. The van der Waals surface area contributed by atoms with Crippen molar-refractivity contribution in [3.05, 3.63) is 36.0 Å². The third kappa shape index (κ3) is 1.87. The van der Waals surface area contributed by atoms with Crippen molar-refractivity contribution in [1.82, 2.24) is 15.2 Å². The van der Waals surface area contributed by atoms with E-state index in [9.17, 15) is 9.59 Å². The van der Waals surface area contributed by atoms with E-state index in [1.165, 1.54) is 0 Å². The normalized spacial score (nSPS) is 19.5. The molecule has 2 heterocycles. The van der Waals surface area contributed by atoms with E-state index in [-0.39, 0.29) is 11.8 Å². The quantitative estimate of drug-likeness (QED) is 0.804. The molecule has 0 saturated carbocycles. The van der Waals surface area contributed by atoms with Gasteiger partial charge in [-0.3, -0.25) is 9.59 Å². The smallest absolute Gasteiger partial charge is 0.255 e. The number of amides is 2. The molecule has 0 aliphatic carbocycles. The summed E-state index contributed by atoms with van der Waals surface area (Å²) >= 11 is 0. The van der Waals surface area contributed by atoms with Crippen LogP contribution in [0.25, 0.3) is 10.9 Å². The highest BCUT2D eigenvalue weighted by Gasteiger charge is 2.30. The van der Waals surface area contributed by atoms with Crippen molar-refractivity contribution >= 4 is 22.7 Å². The first-order chi connectivity index (χ1) is 9.18. The van der Waals surface area contributed by atoms with Gasteiger partial charge in [-0.05, 0) is 25.1 Å². The zero-order chi connectivity index (χ0) is 13.4. The molecular weight excluding hydrogens is 242 g/mol. The summed E-state index contributed by atoms with van der Waals surface area (Å²) in [4.78, 5) is 29.0. The Morgan fingerprint density at radius 2 is 2.21 bits per heavy atom. The molecule has 5 heteroatoms. The van der Waals surface area contributed by atoms with Crippen LogP contribution in [0.5, 0.6) is 0 Å². The maximum Gasteiger partial charge on any atom is 0.255 e. The maximum atomic E-state index is 12.6. The summed E-state index contributed by atoms with van der Waals surface area (Å²) in [5, 5.41) is 3.66. The number of nitrogens with zero attached hydrogens (tertiary/aromatic N) is 1. The molecule has 1 aromatic heterocycles. The van der Waals surface area contributed by atoms with Gasteiger partial charge in [-0.1, -0.05) is 6.07 Å². The van der Waals surface area contributed by atoms with Crippen molar-refractivity contribution < 1.29 is 9.59 Å². The minimum absolute atomic E-state index is 0.0902. The zero-order valence-electron chi connectivity index (χ0n) is 10.6. The van der Waals surface area contributed by atoms with Gasteiger partial charge in [-0.25, -0.2) is 0 Å². The molecule has 5 nitrogen and oxygen atoms in total. The molecule has 3 rings (SSSR count). The fourth-order valence-electron chi connectivity index (χ4n) is 2.49. The van der Waals surface area contributed by atoms with Gasteiger partial charge in [-0.15, -0.1) is 0 Å². The summed E-state index contributed by atoms with van der Waals surface area (Å²) in [7, 11) is 0. The van der Waals surface area contributed by atoms with Gasteiger partial charge in [0.1, 0.15) is 6.04 Å². The molecule has 1 aromatic carbocycles. The topological polar surface area (TPSA) is 65.2 Å². The fraction of sp³-hybridized carbons (Fsp3) is 0.286. The molecule has 1 atom stereocenters. The van der Waals surface area contributed by atoms with Gasteiger partial charge in [0, 0.05) is 35.8 Å². The van der Waals surface area contributed by atoms with Crippen molar-refractivity contribution in [2.75, 3.05) is 13.1 Å². The van der Waals surface area contributed by atoms with Crippen LogP contribution in [0.3, 0.4) is 0 Å². The van der Waals surface area contributed by atoms with E-state index in [0.717, 1.165) is 10.9 Å². The molecule has 2 amide bonds. The SMILES string of the molecule is CC1C(=O)NCCN1C(=O)c1cccc2[nH]ccc12. The van der Waals surface area contributed by atoms with Crippen molar-refractivity contribution in [3.63, 3.8) is 0 Å². The molecule has 0 radical (unpaired) electrons. The number of carbonyl (C=O) groups is 2. The number of piperazine rings is 1. The average molecular weight is 257 g/mol. The van der Waals surface area contributed by atoms with Crippen molar-refractivity contribution in [1.29, 1.82) is 0 Å². The Morgan fingerprint density at radius 3 is 3.05 bits per heavy atom. The Bertz CT molecular complexity index is 647. The zero-order valence-corrected chi connectivity index (χ0v) is 10.6. The number of carbonyl (C=O) groups excluding carboxylic acids is 2. The average Bonchev–Trinajstić information content (AvgIpc) is 2.89. The van der Waals surface area contributed by atoms with Crippen LogP contribution in [0.1, 0.15) is 17.3 Å². The largest absolute Gasteiger partial charge is 0.361 e. The number of rotatable bonds is 1. The highest BCUT2D eigenvalue weighted by Crippen LogP contribution is 2.20. The molecule has 1 aliphatic rings. The molecule has 2 N–H and O–H groups in total. The van der Waals surface area contributed by atoms with Crippen molar-refractivity contribution in [2.45, 2.75) is 13.0 Å². The fourth-order valence-corrected chi connectivity index (χ4v) is 2.49. The van der Waals surface area contributed by atoms with Crippen LogP contribution >= 0.6 is 0 Å². The van der Waals surface area contributed by atoms with Crippen LogP contribution in [-0.4, -0.2) is 40.8 Å². The van der Waals surface area contributed by atoms with Gasteiger partial charge >= 0.3 is 0 Å². The van der Waals surface area contributed by atoms with Crippen LogP contribution in [0, 0.1) is 0 Å². The van der Waals surface area contributed by atoms with E-state index in [1.807, 2.05) is 24.4 Å². The van der Waals surface area contributed by atoms with Crippen LogP contribution in [0.4, 0.5) is 0 Å². The molecular formula is C14H15N3O2. The summed E-state index contributed by atoms with van der Waals surface area (Å²) in [6.07, 6.45) is 1.81. The molecule has 1 fully saturated rings. The summed E-state index contributed by atoms with van der Waals surface area (Å²) in [6.45, 7) is 2.81. The lowest BCUT2D eigenvalue weighted by molar-refractivity contribution is -0.127. The Morgan fingerprint density at radius 1 is 1.37 bits per heavy atom. The van der Waals surface area contributed by atoms with Gasteiger partial charge in [0.2, 0.25) is 5.91 Å². The summed E-state index contributed by atoms with van der Waals surface area (Å²) in [5.74, 6) is -0.187. The Balaban J connectivity index is 1.99. The molecule has 1 aliphatic heterocycles. The molecule has 0 bridgehead atoms. The molecule has 1 unspecified atom stereocenters. The number of benzene rings is 1. The number of nitrogens with one attached hydrogen (secondary N) is 2. The number of H-pyrrole nitrogens is 1. The van der Waals surface area contributed by atoms with E-state index in [2.05, 4.69) is 10.3 Å². The van der Waals surface area contributed by atoms with E-state index >= 15 is 0 Å². The van der Waals surface area contributed by atoms with Gasteiger partial charge < -0.3 is 15.2 Å². The highest BCUT2D eigenvalue weighted by atomic mass is 16.2. The Labute approximate surface area is 110 Å². The minimum atomic E-state index is -0.421. The van der Waals surface area contributed by atoms with Crippen molar-refractivity contribution in [2.24, 2.45) is 0 Å². The third-order valence-electron chi connectivity index (χ3n) is 3.59. The van der Waals surface area contributed by atoms with Gasteiger partial charge in [-0.2, -0.15) is 0 Å². The number of aromatic nitrogens is 1. The molecule has 1 saturated heterocycles. The first kappa shape index (κ1) is 11.8. The summed E-state index contributed by atoms with van der Waals surface area (Å²) in [6, 6.07) is 7.05. The van der Waals surface area contributed by atoms with E-state index in [0.29, 0.717) is 18.7 Å². The Hall–Kier alpha value is -2.30. The minimum Gasteiger partial charge on any atom is -0.361 e. The molecule has 19 heavy (non-hydrogen) atoms. The third-order valence-corrected chi connectivity index (χ3v) is 3.59. The van der Waals surface area contributed by atoms with E-state index in [1.54, 1.807) is 17.9 Å². The second-order valence-electron chi connectivity index (χ2n) is 4.71. The number of fused-ring (bicyclic) bond motifs is 1.